The van der Waals surface area contributed by atoms with Crippen LogP contribution in [0.2, 0.25) is 5.02 Å². The highest BCUT2D eigenvalue weighted by atomic mass is 35.5. The van der Waals surface area contributed by atoms with Gasteiger partial charge in [0, 0.05) is 24.2 Å². The van der Waals surface area contributed by atoms with E-state index in [2.05, 4.69) is 20.4 Å². The molecule has 3 heterocycles. The van der Waals surface area contributed by atoms with Gasteiger partial charge in [-0.15, -0.1) is 0 Å². The second-order valence-corrected chi connectivity index (χ2v) is 9.39. The molecule has 1 atom stereocenters. The SMILES string of the molecule is COc1cc2ncnc(Nc3cccc(Cl)c3F)c2cc1O[C@@H]1CCCN(C(=O)Cn2cc(C(N)=O)cn2)C1. The van der Waals surface area contributed by atoms with Crippen molar-refractivity contribution in [3.05, 3.63) is 65.5 Å². The number of hydrogen-bond acceptors (Lipinski definition) is 8. The monoisotopic (exact) mass is 553 g/mol. The minimum Gasteiger partial charge on any atom is -0.493 e. The number of anilines is 2. The van der Waals surface area contributed by atoms with E-state index in [0.717, 1.165) is 12.8 Å². The molecule has 0 unspecified atom stereocenters. The van der Waals surface area contributed by atoms with Crippen molar-refractivity contribution >= 4 is 45.8 Å². The number of hydrogen-bond donors (Lipinski definition) is 2. The van der Waals surface area contributed by atoms with Gasteiger partial charge in [-0.1, -0.05) is 17.7 Å². The maximum absolute atomic E-state index is 14.5. The third-order valence-electron chi connectivity index (χ3n) is 6.36. The van der Waals surface area contributed by atoms with Crippen LogP contribution >= 0.6 is 11.6 Å². The fourth-order valence-corrected chi connectivity index (χ4v) is 4.57. The summed E-state index contributed by atoms with van der Waals surface area (Å²) in [6.07, 6.45) is 5.30. The number of primary amides is 1. The Morgan fingerprint density at radius 1 is 1.26 bits per heavy atom. The lowest BCUT2D eigenvalue weighted by atomic mass is 10.1. The van der Waals surface area contributed by atoms with Crippen molar-refractivity contribution < 1.29 is 23.5 Å². The van der Waals surface area contributed by atoms with Crippen LogP contribution in [0, 0.1) is 5.82 Å². The van der Waals surface area contributed by atoms with Crippen LogP contribution in [0.4, 0.5) is 15.9 Å². The predicted octanol–water partition coefficient (Wildman–Crippen LogP) is 3.54. The summed E-state index contributed by atoms with van der Waals surface area (Å²) in [4.78, 5) is 34.5. The number of methoxy groups -OCH3 is 1. The Bertz CT molecular complexity index is 1550. The van der Waals surface area contributed by atoms with Gasteiger partial charge in [0.15, 0.2) is 17.3 Å². The van der Waals surface area contributed by atoms with Gasteiger partial charge in [0.2, 0.25) is 5.91 Å². The average molecular weight is 554 g/mol. The number of amides is 2. The van der Waals surface area contributed by atoms with Crippen molar-refractivity contribution in [3.63, 3.8) is 0 Å². The van der Waals surface area contributed by atoms with Crippen LogP contribution in [0.25, 0.3) is 10.9 Å². The number of ether oxygens (including phenoxy) is 2. The van der Waals surface area contributed by atoms with Crippen molar-refractivity contribution in [3.8, 4) is 11.5 Å². The molecule has 0 bridgehead atoms. The van der Waals surface area contributed by atoms with Gasteiger partial charge < -0.3 is 25.4 Å². The van der Waals surface area contributed by atoms with Gasteiger partial charge in [-0.2, -0.15) is 5.10 Å². The smallest absolute Gasteiger partial charge is 0.251 e. The molecule has 0 spiro atoms. The summed E-state index contributed by atoms with van der Waals surface area (Å²) >= 11 is 5.93. The normalized spacial score (nSPS) is 15.3. The molecule has 0 radical (unpaired) electrons. The summed E-state index contributed by atoms with van der Waals surface area (Å²) in [6, 6.07) is 8.10. The Kier molecular flexibility index (Phi) is 7.46. The van der Waals surface area contributed by atoms with Gasteiger partial charge in [-0.25, -0.2) is 14.4 Å². The quantitative estimate of drug-likeness (QED) is 0.338. The Balaban J connectivity index is 1.35. The maximum atomic E-state index is 14.5. The average Bonchev–Trinajstić information content (AvgIpc) is 3.40. The third kappa shape index (κ3) is 5.70. The van der Waals surface area contributed by atoms with E-state index in [9.17, 15) is 14.0 Å². The Morgan fingerprint density at radius 2 is 2.10 bits per heavy atom. The summed E-state index contributed by atoms with van der Waals surface area (Å²) in [5.74, 6) is -0.0956. The number of fused-ring (bicyclic) bond motifs is 1. The van der Waals surface area contributed by atoms with E-state index in [-0.39, 0.29) is 34.8 Å². The Hall–Kier alpha value is -4.45. The Morgan fingerprint density at radius 3 is 2.87 bits per heavy atom. The molecule has 2 aromatic carbocycles. The van der Waals surface area contributed by atoms with E-state index in [0.29, 0.717) is 41.3 Å². The first-order valence-corrected chi connectivity index (χ1v) is 12.5. The molecule has 2 amide bonds. The highest BCUT2D eigenvalue weighted by molar-refractivity contribution is 6.31. The molecular weight excluding hydrogens is 529 g/mol. The minimum absolute atomic E-state index is 0.0127. The largest absolute Gasteiger partial charge is 0.493 e. The summed E-state index contributed by atoms with van der Waals surface area (Å²) in [5.41, 5.74) is 6.23. The second kappa shape index (κ2) is 11.1. The maximum Gasteiger partial charge on any atom is 0.251 e. The number of nitrogens with one attached hydrogen (secondary N) is 1. The number of carbonyl (C=O) groups is 2. The van der Waals surface area contributed by atoms with Gasteiger partial charge in [0.1, 0.15) is 24.8 Å². The van der Waals surface area contributed by atoms with Gasteiger partial charge in [0.25, 0.3) is 5.91 Å². The molecule has 13 heteroatoms. The van der Waals surface area contributed by atoms with Crippen molar-refractivity contribution in [1.29, 1.82) is 0 Å². The molecular formula is C26H25ClFN7O4. The van der Waals surface area contributed by atoms with Crippen LogP contribution in [0.3, 0.4) is 0 Å². The first-order valence-electron chi connectivity index (χ1n) is 12.1. The van der Waals surface area contributed by atoms with Crippen LogP contribution in [0.5, 0.6) is 11.5 Å². The first kappa shape index (κ1) is 26.2. The molecule has 1 fully saturated rings. The number of likely N-dealkylation sites (tertiary alicyclic amines) is 1. The summed E-state index contributed by atoms with van der Waals surface area (Å²) < 4.78 is 27.8. The van der Waals surface area contributed by atoms with Gasteiger partial charge in [-0.3, -0.25) is 14.3 Å². The summed E-state index contributed by atoms with van der Waals surface area (Å²) in [7, 11) is 1.52. The molecule has 1 aliphatic heterocycles. The third-order valence-corrected chi connectivity index (χ3v) is 6.66. The number of piperidine rings is 1. The molecule has 39 heavy (non-hydrogen) atoms. The van der Waals surface area contributed by atoms with Crippen LogP contribution in [0.1, 0.15) is 23.2 Å². The fourth-order valence-electron chi connectivity index (χ4n) is 4.40. The number of rotatable bonds is 8. The lowest BCUT2D eigenvalue weighted by molar-refractivity contribution is -0.134. The van der Waals surface area contributed by atoms with Crippen molar-refractivity contribution in [2.45, 2.75) is 25.5 Å². The number of benzene rings is 2. The first-order chi connectivity index (χ1) is 18.8. The molecule has 1 saturated heterocycles. The highest BCUT2D eigenvalue weighted by Crippen LogP contribution is 2.36. The second-order valence-electron chi connectivity index (χ2n) is 8.98. The highest BCUT2D eigenvalue weighted by Gasteiger charge is 2.26. The molecule has 5 rings (SSSR count). The zero-order valence-electron chi connectivity index (χ0n) is 20.9. The zero-order valence-corrected chi connectivity index (χ0v) is 21.7. The van der Waals surface area contributed by atoms with Crippen LogP contribution < -0.4 is 20.5 Å². The van der Waals surface area contributed by atoms with E-state index in [4.69, 9.17) is 26.8 Å². The molecule has 0 aliphatic carbocycles. The molecule has 0 saturated carbocycles. The number of nitrogens with zero attached hydrogens (tertiary/aromatic N) is 5. The molecule has 202 valence electrons. The van der Waals surface area contributed by atoms with E-state index in [1.807, 2.05) is 0 Å². The number of carbonyl (C=O) groups excluding carboxylic acids is 2. The zero-order chi connectivity index (χ0) is 27.5. The Labute approximate surface area is 227 Å². The van der Waals surface area contributed by atoms with Crippen molar-refractivity contribution in [2.24, 2.45) is 5.73 Å². The lowest BCUT2D eigenvalue weighted by Crippen LogP contribution is -2.45. The van der Waals surface area contributed by atoms with E-state index >= 15 is 0 Å². The van der Waals surface area contributed by atoms with E-state index < -0.39 is 11.7 Å². The lowest BCUT2D eigenvalue weighted by Gasteiger charge is -2.33. The number of halogens is 2. The molecule has 2 aromatic heterocycles. The number of nitrogens with two attached hydrogens (primary N) is 1. The molecule has 3 N–H and O–H groups in total. The van der Waals surface area contributed by atoms with Crippen molar-refractivity contribution in [2.75, 3.05) is 25.5 Å². The molecule has 1 aliphatic rings. The fraction of sp³-hybridized carbons (Fsp3) is 0.269. The standard InChI is InChI=1S/C26H25ClFN7O4/c1-38-21-9-20-17(26(31-14-30-20)33-19-6-2-5-18(27)24(19)28)8-22(21)39-16-4-3-7-34(12-16)23(36)13-35-11-15(10-32-35)25(29)37/h2,5-6,8-11,14,16H,3-4,7,12-13H2,1H3,(H2,29,37)(H,30,31,33)/t16-/m1/s1. The molecule has 11 nitrogen and oxygen atoms in total. The van der Waals surface area contributed by atoms with Crippen molar-refractivity contribution in [1.82, 2.24) is 24.6 Å². The van der Waals surface area contributed by atoms with Gasteiger partial charge in [0.05, 0.1) is 41.6 Å². The van der Waals surface area contributed by atoms with Gasteiger partial charge >= 0.3 is 0 Å². The van der Waals surface area contributed by atoms with Crippen LogP contribution in [-0.4, -0.2) is 62.8 Å². The summed E-state index contributed by atoms with van der Waals surface area (Å²) in [5, 5.41) is 7.58. The van der Waals surface area contributed by atoms with E-state index in [1.54, 1.807) is 29.2 Å². The van der Waals surface area contributed by atoms with Crippen LogP contribution in [0.15, 0.2) is 49.1 Å². The minimum atomic E-state index is -0.606. The number of aromatic nitrogens is 4. The predicted molar refractivity (Wildman–Crippen MR) is 142 cm³/mol. The molecule has 4 aromatic rings. The topological polar surface area (TPSA) is 137 Å². The van der Waals surface area contributed by atoms with Gasteiger partial charge in [-0.05, 0) is 31.0 Å². The van der Waals surface area contributed by atoms with Crippen LogP contribution in [-0.2, 0) is 11.3 Å². The summed E-state index contributed by atoms with van der Waals surface area (Å²) in [6.45, 7) is 0.907. The van der Waals surface area contributed by atoms with E-state index in [1.165, 1.54) is 36.6 Å².